The lowest BCUT2D eigenvalue weighted by molar-refractivity contribution is -0.142. The molecule has 0 spiro atoms. The van der Waals surface area contributed by atoms with Crippen LogP contribution in [0.4, 0.5) is 10.1 Å². The molecule has 0 aliphatic rings. The molecule has 0 bridgehead atoms. The number of amides is 1. The van der Waals surface area contributed by atoms with Crippen molar-refractivity contribution in [2.75, 3.05) is 11.9 Å². The second-order valence-corrected chi connectivity index (χ2v) is 5.96. The van der Waals surface area contributed by atoms with Gasteiger partial charge >= 0.3 is 5.97 Å². The largest absolute Gasteiger partial charge is 0.452 e. The van der Waals surface area contributed by atoms with Gasteiger partial charge in [0.25, 0.3) is 5.91 Å². The summed E-state index contributed by atoms with van der Waals surface area (Å²) in [5, 5.41) is 2.76. The summed E-state index contributed by atoms with van der Waals surface area (Å²) in [5.41, 5.74) is 2.99. The number of nitrogens with one attached hydrogen (secondary N) is 1. The molecule has 0 radical (unpaired) electrons. The molecule has 140 valence electrons. The first-order chi connectivity index (χ1) is 13.6. The molecule has 3 aromatic rings. The van der Waals surface area contributed by atoms with Gasteiger partial charge < -0.3 is 10.1 Å². The number of benzene rings is 3. The van der Waals surface area contributed by atoms with Crippen molar-refractivity contribution in [3.05, 3.63) is 96.3 Å². The SMILES string of the molecule is O=C(COC(=O)/C=C/c1cccc(F)c1)Nc1ccccc1-c1ccccc1. The van der Waals surface area contributed by atoms with Gasteiger partial charge in [-0.2, -0.15) is 0 Å². The average molecular weight is 375 g/mol. The van der Waals surface area contributed by atoms with Gasteiger partial charge in [0.2, 0.25) is 0 Å². The summed E-state index contributed by atoms with van der Waals surface area (Å²) in [7, 11) is 0. The lowest BCUT2D eigenvalue weighted by Gasteiger charge is -2.11. The van der Waals surface area contributed by atoms with Gasteiger partial charge in [0.05, 0.1) is 0 Å². The lowest BCUT2D eigenvalue weighted by atomic mass is 10.0. The molecule has 0 aliphatic heterocycles. The third kappa shape index (κ3) is 5.38. The molecule has 0 aromatic heterocycles. The molecule has 0 aliphatic carbocycles. The number of hydrogen-bond acceptors (Lipinski definition) is 3. The predicted octanol–water partition coefficient (Wildman–Crippen LogP) is 4.69. The number of halogens is 1. The third-order valence-corrected chi connectivity index (χ3v) is 3.89. The maximum Gasteiger partial charge on any atom is 0.331 e. The molecule has 3 aromatic carbocycles. The zero-order valence-electron chi connectivity index (χ0n) is 15.0. The Morgan fingerprint density at radius 2 is 1.68 bits per heavy atom. The van der Waals surface area contributed by atoms with E-state index in [1.165, 1.54) is 24.3 Å². The Morgan fingerprint density at radius 1 is 0.929 bits per heavy atom. The molecule has 0 unspecified atom stereocenters. The molecule has 0 saturated heterocycles. The van der Waals surface area contributed by atoms with Gasteiger partial charge in [0, 0.05) is 17.3 Å². The zero-order valence-corrected chi connectivity index (χ0v) is 15.0. The maximum absolute atomic E-state index is 13.1. The van der Waals surface area contributed by atoms with Crippen LogP contribution in [0, 0.1) is 5.82 Å². The van der Waals surface area contributed by atoms with E-state index in [4.69, 9.17) is 4.74 Å². The quantitative estimate of drug-likeness (QED) is 0.502. The fourth-order valence-corrected chi connectivity index (χ4v) is 2.61. The van der Waals surface area contributed by atoms with Crippen molar-refractivity contribution >= 4 is 23.6 Å². The molecular formula is C23H18FNO3. The summed E-state index contributed by atoms with van der Waals surface area (Å²) in [6.07, 6.45) is 2.58. The minimum atomic E-state index is -0.684. The molecule has 28 heavy (non-hydrogen) atoms. The van der Waals surface area contributed by atoms with E-state index in [0.717, 1.165) is 17.2 Å². The Hall–Kier alpha value is -3.73. The van der Waals surface area contributed by atoms with Crippen LogP contribution in [0.15, 0.2) is 84.9 Å². The third-order valence-electron chi connectivity index (χ3n) is 3.89. The highest BCUT2D eigenvalue weighted by Crippen LogP contribution is 2.27. The first-order valence-corrected chi connectivity index (χ1v) is 8.66. The van der Waals surface area contributed by atoms with Gasteiger partial charge in [-0.25, -0.2) is 9.18 Å². The van der Waals surface area contributed by atoms with Crippen molar-refractivity contribution in [1.29, 1.82) is 0 Å². The molecule has 4 nitrogen and oxygen atoms in total. The second-order valence-electron chi connectivity index (χ2n) is 5.96. The van der Waals surface area contributed by atoms with Crippen LogP contribution in [-0.2, 0) is 14.3 Å². The second kappa shape index (κ2) is 9.28. The van der Waals surface area contributed by atoms with E-state index in [0.29, 0.717) is 11.3 Å². The monoisotopic (exact) mass is 375 g/mol. The number of anilines is 1. The predicted molar refractivity (Wildman–Crippen MR) is 107 cm³/mol. The maximum atomic E-state index is 13.1. The highest BCUT2D eigenvalue weighted by atomic mass is 19.1. The van der Waals surface area contributed by atoms with E-state index in [-0.39, 0.29) is 0 Å². The fourth-order valence-electron chi connectivity index (χ4n) is 2.61. The van der Waals surface area contributed by atoms with Gasteiger partial charge in [-0.15, -0.1) is 0 Å². The molecule has 0 saturated carbocycles. The number of hydrogen-bond donors (Lipinski definition) is 1. The van der Waals surface area contributed by atoms with E-state index in [2.05, 4.69) is 5.32 Å². The molecule has 0 atom stereocenters. The van der Waals surface area contributed by atoms with Gasteiger partial charge in [-0.3, -0.25) is 4.79 Å². The van der Waals surface area contributed by atoms with Crippen molar-refractivity contribution in [2.45, 2.75) is 0 Å². The molecule has 1 N–H and O–H groups in total. The van der Waals surface area contributed by atoms with Crippen LogP contribution in [0.5, 0.6) is 0 Å². The van der Waals surface area contributed by atoms with Crippen molar-refractivity contribution in [3.63, 3.8) is 0 Å². The van der Waals surface area contributed by atoms with Crippen LogP contribution in [0.25, 0.3) is 17.2 Å². The van der Waals surface area contributed by atoms with Crippen molar-refractivity contribution in [1.82, 2.24) is 0 Å². The number of esters is 1. The number of para-hydroxylation sites is 1. The Morgan fingerprint density at radius 3 is 2.46 bits per heavy atom. The Bertz CT molecular complexity index is 999. The van der Waals surface area contributed by atoms with Crippen LogP contribution < -0.4 is 5.32 Å². The standard InChI is InChI=1S/C23H18FNO3/c24-19-10-6-7-17(15-19)13-14-23(27)28-16-22(26)25-21-12-5-4-11-20(21)18-8-2-1-3-9-18/h1-15H,16H2,(H,25,26)/b14-13+. The highest BCUT2D eigenvalue weighted by Gasteiger charge is 2.09. The first kappa shape index (κ1) is 19.0. The van der Waals surface area contributed by atoms with E-state index in [1.807, 2.05) is 48.5 Å². The fraction of sp³-hybridized carbons (Fsp3) is 0.0435. The van der Waals surface area contributed by atoms with Crippen molar-refractivity contribution < 1.29 is 18.7 Å². The lowest BCUT2D eigenvalue weighted by Crippen LogP contribution is -2.20. The van der Waals surface area contributed by atoms with E-state index < -0.39 is 24.3 Å². The minimum absolute atomic E-state index is 0.396. The zero-order chi connectivity index (χ0) is 19.8. The summed E-state index contributed by atoms with van der Waals surface area (Å²) < 4.78 is 18.0. The number of carbonyl (C=O) groups excluding carboxylic acids is 2. The van der Waals surface area contributed by atoms with E-state index in [9.17, 15) is 14.0 Å². The van der Waals surface area contributed by atoms with Crippen LogP contribution in [0.1, 0.15) is 5.56 Å². The summed E-state index contributed by atoms with van der Waals surface area (Å²) in [6, 6.07) is 22.8. The number of carbonyl (C=O) groups is 2. The van der Waals surface area contributed by atoms with Crippen LogP contribution in [0.3, 0.4) is 0 Å². The van der Waals surface area contributed by atoms with Crippen LogP contribution in [0.2, 0.25) is 0 Å². The topological polar surface area (TPSA) is 55.4 Å². The Labute approximate surface area is 162 Å². The van der Waals surface area contributed by atoms with E-state index in [1.54, 1.807) is 12.1 Å². The van der Waals surface area contributed by atoms with Crippen molar-refractivity contribution in [2.24, 2.45) is 0 Å². The molecular weight excluding hydrogens is 357 g/mol. The average Bonchev–Trinajstić information content (AvgIpc) is 2.72. The van der Waals surface area contributed by atoms with Gasteiger partial charge in [0.15, 0.2) is 6.61 Å². The normalized spacial score (nSPS) is 10.6. The Kier molecular flexibility index (Phi) is 6.31. The van der Waals surface area contributed by atoms with Crippen LogP contribution in [-0.4, -0.2) is 18.5 Å². The molecule has 0 fully saturated rings. The van der Waals surface area contributed by atoms with Crippen molar-refractivity contribution in [3.8, 4) is 11.1 Å². The van der Waals surface area contributed by atoms with E-state index >= 15 is 0 Å². The summed E-state index contributed by atoms with van der Waals surface area (Å²) in [5.74, 6) is -1.53. The summed E-state index contributed by atoms with van der Waals surface area (Å²) >= 11 is 0. The summed E-state index contributed by atoms with van der Waals surface area (Å²) in [6.45, 7) is -0.421. The molecule has 3 rings (SSSR count). The smallest absolute Gasteiger partial charge is 0.331 e. The van der Waals surface area contributed by atoms with Gasteiger partial charge in [0.1, 0.15) is 5.82 Å². The first-order valence-electron chi connectivity index (χ1n) is 8.66. The summed E-state index contributed by atoms with van der Waals surface area (Å²) in [4.78, 5) is 23.9. The van der Waals surface area contributed by atoms with Gasteiger partial charge in [-0.1, -0.05) is 60.7 Å². The van der Waals surface area contributed by atoms with Gasteiger partial charge in [-0.05, 0) is 35.4 Å². The highest BCUT2D eigenvalue weighted by molar-refractivity contribution is 5.97. The molecule has 5 heteroatoms. The number of ether oxygens (including phenoxy) is 1. The Balaban J connectivity index is 1.57. The minimum Gasteiger partial charge on any atom is -0.452 e. The molecule has 1 amide bonds. The molecule has 0 heterocycles. The number of rotatable bonds is 6. The van der Waals surface area contributed by atoms with Crippen LogP contribution >= 0.6 is 0 Å².